The number of carboxylic acid groups (broad SMARTS) is 1. The number of likely N-dealkylation sites (tertiary alicyclic amines) is 1. The predicted molar refractivity (Wildman–Crippen MR) is 148 cm³/mol. The number of benzene rings is 2. The van der Waals surface area contributed by atoms with Crippen LogP contribution in [-0.4, -0.2) is 73.9 Å². The van der Waals surface area contributed by atoms with E-state index in [1.54, 1.807) is 0 Å². The van der Waals surface area contributed by atoms with Crippen molar-refractivity contribution < 1.29 is 33.6 Å². The minimum absolute atomic E-state index is 0.0588. The molecule has 0 bridgehead atoms. The van der Waals surface area contributed by atoms with Gasteiger partial charge in [-0.15, -0.1) is 0 Å². The van der Waals surface area contributed by atoms with Crippen molar-refractivity contribution in [2.45, 2.75) is 57.4 Å². The topological polar surface area (TPSA) is 124 Å². The molecule has 0 aliphatic carbocycles. The van der Waals surface area contributed by atoms with Crippen LogP contribution in [-0.2, 0) is 25.6 Å². The number of carboxylic acids is 1. The van der Waals surface area contributed by atoms with E-state index in [0.717, 1.165) is 29.7 Å². The summed E-state index contributed by atoms with van der Waals surface area (Å²) in [5.74, 6) is -0.699. The van der Waals surface area contributed by atoms with E-state index in [1.165, 1.54) is 0 Å². The van der Waals surface area contributed by atoms with Crippen molar-refractivity contribution >= 4 is 17.6 Å². The van der Waals surface area contributed by atoms with Crippen molar-refractivity contribution in [3.63, 3.8) is 0 Å². The van der Waals surface area contributed by atoms with Gasteiger partial charge in [-0.2, -0.15) is 0 Å². The van der Waals surface area contributed by atoms with Gasteiger partial charge in [0.05, 0.1) is 25.7 Å². The number of fused-ring (bicyclic) bond motifs is 1. The first-order valence-corrected chi connectivity index (χ1v) is 14.2. The molecule has 2 fully saturated rings. The molecule has 3 aliphatic heterocycles. The van der Waals surface area contributed by atoms with Crippen LogP contribution in [0.3, 0.4) is 0 Å². The number of rotatable bonds is 12. The lowest BCUT2D eigenvalue weighted by molar-refractivity contribution is -0.143. The molecule has 3 aliphatic rings. The van der Waals surface area contributed by atoms with Gasteiger partial charge in [-0.3, -0.25) is 14.5 Å². The Hall–Kier alpha value is -3.18. The molecule has 1 unspecified atom stereocenters. The molecule has 3 N–H and O–H groups in total. The molecule has 2 aromatic rings. The summed E-state index contributed by atoms with van der Waals surface area (Å²) in [7, 11) is 0. The summed E-state index contributed by atoms with van der Waals surface area (Å²) in [5, 5.41) is 10.5. The van der Waals surface area contributed by atoms with Crippen LogP contribution in [0.2, 0.25) is 0 Å². The molecule has 216 valence electrons. The Morgan fingerprint density at radius 1 is 1.07 bits per heavy atom. The Bertz CT molecular complexity index is 1190. The molecule has 40 heavy (non-hydrogen) atoms. The number of nitrogens with zero attached hydrogens (tertiary/aromatic N) is 2. The number of carbonyl (C=O) groups excluding carboxylic acids is 1. The van der Waals surface area contributed by atoms with Crippen molar-refractivity contribution in [3.8, 4) is 11.5 Å². The Labute approximate surface area is 234 Å². The number of unbranched alkanes of at least 4 members (excludes halogenated alkanes) is 1. The largest absolute Gasteiger partial charge is 0.481 e. The van der Waals surface area contributed by atoms with Gasteiger partial charge in [0.1, 0.15) is 0 Å². The van der Waals surface area contributed by atoms with Gasteiger partial charge in [0.2, 0.25) is 12.7 Å². The summed E-state index contributed by atoms with van der Waals surface area (Å²) >= 11 is 0. The Balaban J connectivity index is 1.42. The lowest BCUT2D eigenvalue weighted by atomic mass is 9.83. The fraction of sp³-hybridized carbons (Fsp3) is 0.533. The van der Waals surface area contributed by atoms with E-state index >= 15 is 0 Å². The third kappa shape index (κ3) is 6.25. The fourth-order valence-corrected chi connectivity index (χ4v) is 6.04. The normalized spacial score (nSPS) is 22.6. The number of aliphatic carboxylic acids is 1. The maximum atomic E-state index is 13.9. The summed E-state index contributed by atoms with van der Waals surface area (Å²) in [5.41, 5.74) is 8.51. The molecule has 3 heterocycles. The second-order valence-electron chi connectivity index (χ2n) is 10.6. The van der Waals surface area contributed by atoms with E-state index in [0.29, 0.717) is 57.2 Å². The van der Waals surface area contributed by atoms with Crippen LogP contribution in [0.1, 0.15) is 49.7 Å². The quantitative estimate of drug-likeness (QED) is 0.407. The van der Waals surface area contributed by atoms with E-state index in [-0.39, 0.29) is 37.5 Å². The molecular weight excluding hydrogens is 514 g/mol. The summed E-state index contributed by atoms with van der Waals surface area (Å²) in [4.78, 5) is 30.5. The molecule has 3 atom stereocenters. The number of carbonyl (C=O) groups is 2. The van der Waals surface area contributed by atoms with Crippen LogP contribution in [0.4, 0.5) is 5.69 Å². The van der Waals surface area contributed by atoms with Crippen LogP contribution >= 0.6 is 0 Å². The van der Waals surface area contributed by atoms with Gasteiger partial charge in [-0.05, 0) is 54.7 Å². The van der Waals surface area contributed by atoms with Crippen LogP contribution in [0.5, 0.6) is 11.5 Å². The maximum absolute atomic E-state index is 13.9. The molecule has 0 radical (unpaired) electrons. The van der Waals surface area contributed by atoms with Gasteiger partial charge >= 0.3 is 5.97 Å². The Morgan fingerprint density at radius 3 is 2.62 bits per heavy atom. The first-order chi connectivity index (χ1) is 19.5. The molecule has 10 nitrogen and oxygen atoms in total. The zero-order valence-corrected chi connectivity index (χ0v) is 23.0. The van der Waals surface area contributed by atoms with Crippen LogP contribution in [0.25, 0.3) is 0 Å². The summed E-state index contributed by atoms with van der Waals surface area (Å²) in [6.45, 7) is 4.83. The number of amides is 1. The average Bonchev–Trinajstić information content (AvgIpc) is 3.72. The highest BCUT2D eigenvalue weighted by atomic mass is 16.7. The summed E-state index contributed by atoms with van der Waals surface area (Å²) in [6.07, 6.45) is 2.55. The van der Waals surface area contributed by atoms with E-state index in [1.807, 2.05) is 52.3 Å². The molecule has 0 saturated carbocycles. The summed E-state index contributed by atoms with van der Waals surface area (Å²) < 4.78 is 22.3. The molecule has 2 saturated heterocycles. The van der Waals surface area contributed by atoms with Crippen LogP contribution < -0.4 is 20.1 Å². The van der Waals surface area contributed by atoms with Gasteiger partial charge in [0.15, 0.2) is 17.8 Å². The van der Waals surface area contributed by atoms with E-state index in [2.05, 4.69) is 6.92 Å². The number of nitrogens with two attached hydrogens (primary N) is 1. The predicted octanol–water partition coefficient (Wildman–Crippen LogP) is 3.33. The monoisotopic (exact) mass is 553 g/mol. The second kappa shape index (κ2) is 13.0. The van der Waals surface area contributed by atoms with Gasteiger partial charge in [-0.1, -0.05) is 31.5 Å². The highest BCUT2D eigenvalue weighted by Crippen LogP contribution is 2.43. The molecule has 10 heteroatoms. The van der Waals surface area contributed by atoms with Crippen LogP contribution in [0, 0.1) is 5.92 Å². The Kier molecular flexibility index (Phi) is 9.21. The van der Waals surface area contributed by atoms with Crippen LogP contribution in [0.15, 0.2) is 42.5 Å². The van der Waals surface area contributed by atoms with Crippen molar-refractivity contribution in [2.75, 3.05) is 44.5 Å². The van der Waals surface area contributed by atoms with Gasteiger partial charge < -0.3 is 34.7 Å². The SMILES string of the molecule is CCCCN(C(=O)CN1C[C@H](c2ccc3c(c2)OCO3)C(C(=O)O)[C@@H]1CCC1OCCO1)c1cccc(CN)c1. The number of hydrogen-bond acceptors (Lipinski definition) is 8. The summed E-state index contributed by atoms with van der Waals surface area (Å²) in [6, 6.07) is 13.0. The molecular formula is C30H39N3O7. The third-order valence-electron chi connectivity index (χ3n) is 8.08. The lowest BCUT2D eigenvalue weighted by Gasteiger charge is -2.30. The Morgan fingerprint density at radius 2 is 1.88 bits per heavy atom. The fourth-order valence-electron chi connectivity index (χ4n) is 6.04. The smallest absolute Gasteiger partial charge is 0.308 e. The van der Waals surface area contributed by atoms with Crippen molar-refractivity contribution in [1.29, 1.82) is 0 Å². The van der Waals surface area contributed by atoms with Crippen molar-refractivity contribution in [3.05, 3.63) is 53.6 Å². The molecule has 5 rings (SSSR count). The minimum Gasteiger partial charge on any atom is -0.481 e. The first kappa shape index (κ1) is 28.4. The average molecular weight is 554 g/mol. The first-order valence-electron chi connectivity index (χ1n) is 14.2. The number of ether oxygens (including phenoxy) is 4. The number of anilines is 1. The zero-order valence-electron chi connectivity index (χ0n) is 23.0. The second-order valence-corrected chi connectivity index (χ2v) is 10.6. The molecule has 1 amide bonds. The van der Waals surface area contributed by atoms with E-state index < -0.39 is 11.9 Å². The zero-order chi connectivity index (χ0) is 28.1. The highest BCUT2D eigenvalue weighted by molar-refractivity contribution is 5.95. The standard InChI is InChI=1S/C30H39N3O7/c1-2-3-11-33(22-6-4-5-20(14-22)16-31)27(34)18-32-17-23(21-7-9-25-26(15-21)40-19-39-25)29(30(35)36)24(32)8-10-28-37-12-13-38-28/h4-7,9,14-15,23-24,28-29H,2-3,8,10-13,16-19,31H2,1H3,(H,35,36)/t23-,24+,29?/m1/s1. The van der Waals surface area contributed by atoms with E-state index in [9.17, 15) is 14.7 Å². The van der Waals surface area contributed by atoms with Gasteiger partial charge in [0.25, 0.3) is 0 Å². The lowest BCUT2D eigenvalue weighted by Crippen LogP contribution is -2.44. The highest BCUT2D eigenvalue weighted by Gasteiger charge is 2.47. The molecule has 0 spiro atoms. The molecule has 0 aromatic heterocycles. The molecule has 2 aromatic carbocycles. The third-order valence-corrected chi connectivity index (χ3v) is 8.08. The van der Waals surface area contributed by atoms with Gasteiger partial charge in [0, 0.05) is 37.3 Å². The maximum Gasteiger partial charge on any atom is 0.308 e. The minimum atomic E-state index is -0.880. The number of hydrogen-bond donors (Lipinski definition) is 2. The van der Waals surface area contributed by atoms with Crippen molar-refractivity contribution in [1.82, 2.24) is 4.90 Å². The van der Waals surface area contributed by atoms with Crippen molar-refractivity contribution in [2.24, 2.45) is 11.7 Å². The van der Waals surface area contributed by atoms with Gasteiger partial charge in [-0.25, -0.2) is 0 Å². The van der Waals surface area contributed by atoms with E-state index in [4.69, 9.17) is 24.7 Å².